The molecule has 0 atom stereocenters. The summed E-state index contributed by atoms with van der Waals surface area (Å²) in [6, 6.07) is 15.3. The zero-order chi connectivity index (χ0) is 16.4. The van der Waals surface area contributed by atoms with E-state index in [9.17, 15) is 0 Å². The molecule has 0 aliphatic heterocycles. The molecule has 0 saturated carbocycles. The van der Waals surface area contributed by atoms with Crippen LogP contribution in [0.1, 0.15) is 25.3 Å². The smallest absolute Gasteiger partial charge is 1.00 e. The van der Waals surface area contributed by atoms with Gasteiger partial charge in [0.15, 0.2) is 0 Å². The number of hydrogen-bond donors (Lipinski definition) is 0. The fourth-order valence-electron chi connectivity index (χ4n) is 3.66. The van der Waals surface area contributed by atoms with E-state index in [-0.39, 0.29) is 12.4 Å². The van der Waals surface area contributed by atoms with Gasteiger partial charge in [-0.15, -0.1) is 0 Å². The van der Waals surface area contributed by atoms with E-state index in [1.54, 1.807) is 9.84 Å². The first-order valence-electron chi connectivity index (χ1n) is 8.58. The maximum atomic E-state index is 2.47. The molecular formula is C23H21ClZr. The Morgan fingerprint density at radius 3 is 2.16 bits per heavy atom. The predicted molar refractivity (Wildman–Crippen MR) is 101 cm³/mol. The van der Waals surface area contributed by atoms with E-state index in [0.29, 0.717) is 0 Å². The molecule has 0 aromatic heterocycles. The monoisotopic (exact) mass is 422 g/mol. The molecule has 0 spiro atoms. The summed E-state index contributed by atoms with van der Waals surface area (Å²) < 4.78 is 5.04. The van der Waals surface area contributed by atoms with Crippen molar-refractivity contribution in [2.24, 2.45) is 0 Å². The van der Waals surface area contributed by atoms with Crippen LogP contribution in [0.25, 0.3) is 16.8 Å². The minimum Gasteiger partial charge on any atom is -1.00 e. The van der Waals surface area contributed by atoms with E-state index in [0.717, 1.165) is 12.8 Å². The summed E-state index contributed by atoms with van der Waals surface area (Å²) >= 11 is -1.91. The molecule has 2 aliphatic carbocycles. The number of fused-ring (bicyclic) bond motifs is 1. The van der Waals surface area contributed by atoms with Crippen LogP contribution in [0.2, 0.25) is 0 Å². The molecule has 4 rings (SSSR count). The minimum atomic E-state index is -1.91. The van der Waals surface area contributed by atoms with Crippen molar-refractivity contribution in [1.82, 2.24) is 0 Å². The Balaban J connectivity index is 0.00000182. The van der Waals surface area contributed by atoms with Gasteiger partial charge in [0, 0.05) is 0 Å². The van der Waals surface area contributed by atoms with Gasteiger partial charge in [0.25, 0.3) is 0 Å². The zero-order valence-electron chi connectivity index (χ0n) is 14.4. The summed E-state index contributed by atoms with van der Waals surface area (Å²) in [4.78, 5) is 0. The molecule has 0 unspecified atom stereocenters. The molecule has 0 radical (unpaired) electrons. The summed E-state index contributed by atoms with van der Waals surface area (Å²) in [7, 11) is 0. The van der Waals surface area contributed by atoms with Crippen LogP contribution in [-0.4, -0.2) is 0 Å². The van der Waals surface area contributed by atoms with E-state index in [2.05, 4.69) is 91.9 Å². The second-order valence-corrected chi connectivity index (χ2v) is 13.4. The van der Waals surface area contributed by atoms with Crippen molar-refractivity contribution in [3.8, 4) is 0 Å². The molecule has 124 valence electrons. The average Bonchev–Trinajstić information content (AvgIpc) is 3.30. The largest absolute Gasteiger partial charge is 1.00 e. The summed E-state index contributed by atoms with van der Waals surface area (Å²) in [5.41, 5.74) is 1.36. The zero-order valence-corrected chi connectivity index (χ0v) is 17.6. The predicted octanol–water partition coefficient (Wildman–Crippen LogP) is 3.51. The summed E-state index contributed by atoms with van der Waals surface area (Å²) in [5.74, 6) is 0. The van der Waals surface area contributed by atoms with Crippen LogP contribution in [0.15, 0.2) is 88.8 Å². The molecule has 2 aromatic carbocycles. The van der Waals surface area contributed by atoms with Crippen LogP contribution in [-0.2, 0) is 21.8 Å². The number of rotatable bonds is 4. The fraction of sp³-hybridized carbons (Fsp3) is 0.130. The van der Waals surface area contributed by atoms with Crippen molar-refractivity contribution in [1.29, 1.82) is 0 Å². The van der Waals surface area contributed by atoms with Gasteiger partial charge in [-0.1, -0.05) is 0 Å². The molecule has 0 amide bonds. The van der Waals surface area contributed by atoms with Crippen molar-refractivity contribution in [3.05, 3.63) is 94.3 Å². The second-order valence-electron chi connectivity index (χ2n) is 6.42. The van der Waals surface area contributed by atoms with E-state index in [4.69, 9.17) is 0 Å². The number of allylic oxidation sites excluding steroid dienone is 9. The van der Waals surface area contributed by atoms with Gasteiger partial charge in [-0.2, -0.15) is 0 Å². The van der Waals surface area contributed by atoms with Gasteiger partial charge in [-0.05, 0) is 0 Å². The third kappa shape index (κ3) is 3.89. The van der Waals surface area contributed by atoms with Crippen LogP contribution < -0.4 is 12.4 Å². The Morgan fingerprint density at radius 1 is 0.880 bits per heavy atom. The Kier molecular flexibility index (Phi) is 6.10. The van der Waals surface area contributed by atoms with Crippen molar-refractivity contribution < 1.29 is 34.2 Å². The molecule has 0 saturated heterocycles. The molecule has 0 heterocycles. The summed E-state index contributed by atoms with van der Waals surface area (Å²) in [6.45, 7) is 2.37. The van der Waals surface area contributed by atoms with Crippen LogP contribution in [0.5, 0.6) is 0 Å². The number of benzene rings is 2. The van der Waals surface area contributed by atoms with Gasteiger partial charge in [-0.3, -0.25) is 0 Å². The van der Waals surface area contributed by atoms with Crippen molar-refractivity contribution in [2.75, 3.05) is 0 Å². The minimum absolute atomic E-state index is 0. The maximum absolute atomic E-state index is 2.47. The molecule has 2 heteroatoms. The Morgan fingerprint density at radius 2 is 1.52 bits per heavy atom. The van der Waals surface area contributed by atoms with Gasteiger partial charge in [0.1, 0.15) is 0 Å². The molecular weight excluding hydrogens is 403 g/mol. The van der Waals surface area contributed by atoms with E-state index >= 15 is 0 Å². The van der Waals surface area contributed by atoms with Gasteiger partial charge < -0.3 is 12.4 Å². The molecule has 2 aromatic rings. The van der Waals surface area contributed by atoms with E-state index < -0.39 is 21.8 Å². The molecule has 0 N–H and O–H groups in total. The summed E-state index contributed by atoms with van der Waals surface area (Å²) in [6.07, 6.45) is 18.7. The molecule has 0 nitrogen and oxygen atoms in total. The molecule has 25 heavy (non-hydrogen) atoms. The van der Waals surface area contributed by atoms with Crippen molar-refractivity contribution in [2.45, 2.75) is 19.8 Å². The third-order valence-corrected chi connectivity index (χ3v) is 12.0. The molecule has 0 bridgehead atoms. The quantitative estimate of drug-likeness (QED) is 0.705. The van der Waals surface area contributed by atoms with Crippen LogP contribution in [0.4, 0.5) is 0 Å². The first-order valence-corrected chi connectivity index (χ1v) is 12.3. The molecule has 2 aliphatic rings. The normalized spacial score (nSPS) is 16.0. The first kappa shape index (κ1) is 18.4. The van der Waals surface area contributed by atoms with E-state index in [1.165, 1.54) is 16.3 Å². The third-order valence-electron chi connectivity index (χ3n) is 4.77. The average molecular weight is 424 g/mol. The van der Waals surface area contributed by atoms with Gasteiger partial charge >= 0.3 is 153 Å². The second kappa shape index (κ2) is 8.30. The van der Waals surface area contributed by atoms with E-state index in [1.807, 2.05) is 0 Å². The van der Waals surface area contributed by atoms with Crippen LogP contribution in [0.3, 0.4) is 0 Å². The standard InChI is InChI=1S/C13H11.2C5H5.ClH.Zr/c1-2-6-11-8-5-9-12-7-3-4-10-13(11)12;2*1-2-4-5-3-1;;/h3-10H,1H3;2*1-3H,4H2;1H;/q;;;;+1/p-1. The van der Waals surface area contributed by atoms with Gasteiger partial charge in [0.05, 0.1) is 0 Å². The van der Waals surface area contributed by atoms with Crippen molar-refractivity contribution in [3.63, 3.8) is 0 Å². The Hall–Kier alpha value is -1.43. The van der Waals surface area contributed by atoms with Crippen LogP contribution in [0, 0.1) is 0 Å². The number of hydrogen-bond acceptors (Lipinski definition) is 0. The van der Waals surface area contributed by atoms with Gasteiger partial charge in [-0.25, -0.2) is 0 Å². The topological polar surface area (TPSA) is 0 Å². The first-order chi connectivity index (χ1) is 11.8. The van der Waals surface area contributed by atoms with Gasteiger partial charge in [0.2, 0.25) is 0 Å². The Bertz CT molecular complexity index is 893. The number of halogens is 1. The molecule has 0 fully saturated rings. The maximum Gasteiger partial charge on any atom is -1.00 e. The fourth-order valence-corrected chi connectivity index (χ4v) is 10.8. The summed E-state index contributed by atoms with van der Waals surface area (Å²) in [5, 5.41) is 2.69. The van der Waals surface area contributed by atoms with Crippen LogP contribution >= 0.6 is 0 Å². The van der Waals surface area contributed by atoms with Crippen molar-refractivity contribution >= 4 is 16.8 Å². The SMILES string of the molecule is C[C](=Cc1cccc2ccccc12)[Zr+]([C]1=CC=CC1)[C]1=CC=CC1.[Cl-]. The Labute approximate surface area is 164 Å².